The highest BCUT2D eigenvalue weighted by atomic mass is 16.5. The van der Waals surface area contributed by atoms with Gasteiger partial charge in [0.2, 0.25) is 0 Å². The quantitative estimate of drug-likeness (QED) is 0.702. The lowest BCUT2D eigenvalue weighted by molar-refractivity contribution is -0.00972. The minimum Gasteiger partial charge on any atom is -0.378 e. The summed E-state index contributed by atoms with van der Waals surface area (Å²) < 4.78 is 5.88. The standard InChI is InChI=1S/C13H27NO/c1-10(2)11(3)15-9-13(4,5)8-14-12-6-7-12/h10-12,14H,6-9H2,1-5H3. The molecule has 0 aromatic carbocycles. The van der Waals surface area contributed by atoms with Crippen LogP contribution >= 0.6 is 0 Å². The zero-order chi connectivity index (χ0) is 11.5. The van der Waals surface area contributed by atoms with Gasteiger partial charge >= 0.3 is 0 Å². The lowest BCUT2D eigenvalue weighted by atomic mass is 9.94. The molecule has 2 nitrogen and oxygen atoms in total. The van der Waals surface area contributed by atoms with Crippen molar-refractivity contribution >= 4 is 0 Å². The number of ether oxygens (including phenoxy) is 1. The van der Waals surface area contributed by atoms with Crippen molar-refractivity contribution in [2.75, 3.05) is 13.2 Å². The molecule has 90 valence electrons. The van der Waals surface area contributed by atoms with E-state index in [2.05, 4.69) is 39.9 Å². The van der Waals surface area contributed by atoms with Gasteiger partial charge < -0.3 is 10.1 Å². The van der Waals surface area contributed by atoms with E-state index in [0.29, 0.717) is 12.0 Å². The lowest BCUT2D eigenvalue weighted by Crippen LogP contribution is -2.36. The lowest BCUT2D eigenvalue weighted by Gasteiger charge is -2.28. The molecule has 0 saturated heterocycles. The van der Waals surface area contributed by atoms with Crippen LogP contribution in [0.5, 0.6) is 0 Å². The first-order valence-electron chi connectivity index (χ1n) is 6.26. The first-order valence-corrected chi connectivity index (χ1v) is 6.26. The molecule has 1 aliphatic rings. The van der Waals surface area contributed by atoms with Crippen molar-refractivity contribution in [3.63, 3.8) is 0 Å². The molecule has 1 N–H and O–H groups in total. The third-order valence-corrected chi connectivity index (χ3v) is 3.12. The third-order valence-electron chi connectivity index (χ3n) is 3.12. The van der Waals surface area contributed by atoms with Crippen molar-refractivity contribution in [3.8, 4) is 0 Å². The number of hydrogen-bond acceptors (Lipinski definition) is 2. The topological polar surface area (TPSA) is 21.3 Å². The van der Waals surface area contributed by atoms with Crippen molar-refractivity contribution in [1.82, 2.24) is 5.32 Å². The van der Waals surface area contributed by atoms with Gasteiger partial charge in [0.25, 0.3) is 0 Å². The molecule has 1 saturated carbocycles. The van der Waals surface area contributed by atoms with E-state index in [0.717, 1.165) is 19.2 Å². The zero-order valence-electron chi connectivity index (χ0n) is 11.0. The molecule has 1 fully saturated rings. The average Bonchev–Trinajstić information content (AvgIpc) is 2.94. The highest BCUT2D eigenvalue weighted by Crippen LogP contribution is 2.22. The summed E-state index contributed by atoms with van der Waals surface area (Å²) in [5.74, 6) is 0.609. The molecule has 0 radical (unpaired) electrons. The summed E-state index contributed by atoms with van der Waals surface area (Å²) in [6.45, 7) is 13.1. The molecule has 0 heterocycles. The van der Waals surface area contributed by atoms with Crippen LogP contribution in [-0.4, -0.2) is 25.3 Å². The maximum Gasteiger partial charge on any atom is 0.0570 e. The predicted molar refractivity (Wildman–Crippen MR) is 65.1 cm³/mol. The van der Waals surface area contributed by atoms with Gasteiger partial charge in [-0.25, -0.2) is 0 Å². The largest absolute Gasteiger partial charge is 0.378 e. The average molecular weight is 213 g/mol. The first-order chi connectivity index (χ1) is 6.91. The van der Waals surface area contributed by atoms with Crippen LogP contribution < -0.4 is 5.32 Å². The van der Waals surface area contributed by atoms with E-state index in [1.165, 1.54) is 12.8 Å². The minimum absolute atomic E-state index is 0.256. The van der Waals surface area contributed by atoms with E-state index in [9.17, 15) is 0 Å². The highest BCUT2D eigenvalue weighted by molar-refractivity contribution is 4.84. The van der Waals surface area contributed by atoms with Gasteiger partial charge in [-0.2, -0.15) is 0 Å². The maximum absolute atomic E-state index is 5.88. The normalized spacial score (nSPS) is 19.6. The second kappa shape index (κ2) is 5.31. The van der Waals surface area contributed by atoms with Crippen LogP contribution in [0.1, 0.15) is 47.5 Å². The van der Waals surface area contributed by atoms with Gasteiger partial charge in [0, 0.05) is 18.0 Å². The molecule has 1 aliphatic carbocycles. The molecule has 2 heteroatoms. The van der Waals surface area contributed by atoms with Crippen LogP contribution in [0.2, 0.25) is 0 Å². The Morgan fingerprint density at radius 3 is 2.33 bits per heavy atom. The van der Waals surface area contributed by atoms with Crippen LogP contribution in [0.15, 0.2) is 0 Å². The molecule has 0 aliphatic heterocycles. The van der Waals surface area contributed by atoms with Gasteiger partial charge in [0.1, 0.15) is 0 Å². The summed E-state index contributed by atoms with van der Waals surface area (Å²) in [6, 6.07) is 0.798. The minimum atomic E-state index is 0.256. The second-order valence-electron chi connectivity index (χ2n) is 6.08. The Bertz CT molecular complexity index is 185. The van der Waals surface area contributed by atoms with Gasteiger partial charge in [0.15, 0.2) is 0 Å². The molecule has 15 heavy (non-hydrogen) atoms. The smallest absolute Gasteiger partial charge is 0.0570 e. The van der Waals surface area contributed by atoms with Crippen LogP contribution in [0.25, 0.3) is 0 Å². The monoisotopic (exact) mass is 213 g/mol. The fourth-order valence-electron chi connectivity index (χ4n) is 1.31. The van der Waals surface area contributed by atoms with Gasteiger partial charge in [-0.15, -0.1) is 0 Å². The van der Waals surface area contributed by atoms with Crippen molar-refractivity contribution in [1.29, 1.82) is 0 Å². The van der Waals surface area contributed by atoms with E-state index < -0.39 is 0 Å². The number of hydrogen-bond donors (Lipinski definition) is 1. The molecular weight excluding hydrogens is 186 g/mol. The van der Waals surface area contributed by atoms with E-state index in [1.54, 1.807) is 0 Å². The molecule has 0 bridgehead atoms. The summed E-state index contributed by atoms with van der Waals surface area (Å²) in [5, 5.41) is 3.57. The molecule has 1 atom stereocenters. The summed E-state index contributed by atoms with van der Waals surface area (Å²) in [6.07, 6.45) is 3.09. The summed E-state index contributed by atoms with van der Waals surface area (Å²) in [4.78, 5) is 0. The number of nitrogens with one attached hydrogen (secondary N) is 1. The fraction of sp³-hybridized carbons (Fsp3) is 1.00. The number of rotatable bonds is 7. The Balaban J connectivity index is 2.15. The van der Waals surface area contributed by atoms with Gasteiger partial charge in [-0.1, -0.05) is 27.7 Å². The van der Waals surface area contributed by atoms with E-state index in [-0.39, 0.29) is 5.41 Å². The van der Waals surface area contributed by atoms with E-state index in [1.807, 2.05) is 0 Å². The van der Waals surface area contributed by atoms with Gasteiger partial charge in [-0.05, 0) is 25.7 Å². The van der Waals surface area contributed by atoms with Crippen LogP contribution in [0, 0.1) is 11.3 Å². The zero-order valence-corrected chi connectivity index (χ0v) is 11.0. The van der Waals surface area contributed by atoms with Crippen molar-refractivity contribution < 1.29 is 4.74 Å². The molecule has 0 amide bonds. The third kappa shape index (κ3) is 5.53. The van der Waals surface area contributed by atoms with Gasteiger partial charge in [0.05, 0.1) is 12.7 Å². The Morgan fingerprint density at radius 2 is 1.87 bits per heavy atom. The van der Waals surface area contributed by atoms with Crippen molar-refractivity contribution in [2.24, 2.45) is 11.3 Å². The Hall–Kier alpha value is -0.0800. The SMILES string of the molecule is CC(C)C(C)OCC(C)(C)CNC1CC1. The summed E-state index contributed by atoms with van der Waals surface area (Å²) in [5.41, 5.74) is 0.256. The van der Waals surface area contributed by atoms with Crippen molar-refractivity contribution in [3.05, 3.63) is 0 Å². The Morgan fingerprint density at radius 1 is 1.27 bits per heavy atom. The molecular formula is C13H27NO. The van der Waals surface area contributed by atoms with Gasteiger partial charge in [-0.3, -0.25) is 0 Å². The predicted octanol–water partition coefficient (Wildman–Crippen LogP) is 2.83. The summed E-state index contributed by atoms with van der Waals surface area (Å²) in [7, 11) is 0. The Labute approximate surface area is 94.8 Å². The Kier molecular flexibility index (Phi) is 4.60. The summed E-state index contributed by atoms with van der Waals surface area (Å²) >= 11 is 0. The maximum atomic E-state index is 5.88. The van der Waals surface area contributed by atoms with E-state index >= 15 is 0 Å². The molecule has 0 aromatic rings. The highest BCUT2D eigenvalue weighted by Gasteiger charge is 2.26. The van der Waals surface area contributed by atoms with Crippen LogP contribution in [-0.2, 0) is 4.74 Å². The molecule has 0 aromatic heterocycles. The fourth-order valence-corrected chi connectivity index (χ4v) is 1.31. The first kappa shape index (κ1) is 13.0. The van der Waals surface area contributed by atoms with Crippen molar-refractivity contribution in [2.45, 2.75) is 59.6 Å². The van der Waals surface area contributed by atoms with E-state index in [4.69, 9.17) is 4.74 Å². The van der Waals surface area contributed by atoms with Crippen LogP contribution in [0.3, 0.4) is 0 Å². The second-order valence-corrected chi connectivity index (χ2v) is 6.08. The molecule has 1 unspecified atom stereocenters. The molecule has 0 spiro atoms. The molecule has 1 rings (SSSR count). The van der Waals surface area contributed by atoms with Crippen LogP contribution in [0.4, 0.5) is 0 Å².